The Morgan fingerprint density at radius 1 is 1.24 bits per heavy atom. The second-order valence-electron chi connectivity index (χ2n) is 4.80. The summed E-state index contributed by atoms with van der Waals surface area (Å²) in [6.45, 7) is 2.87. The van der Waals surface area contributed by atoms with Gasteiger partial charge in [-0.25, -0.2) is 4.39 Å². The molecule has 0 saturated carbocycles. The molecular weight excluding hydrogens is 333 g/mol. The van der Waals surface area contributed by atoms with Gasteiger partial charge in [0.15, 0.2) is 11.6 Å². The average Bonchev–Trinajstić information content (AvgIpc) is 2.48. The van der Waals surface area contributed by atoms with Crippen molar-refractivity contribution in [2.24, 2.45) is 0 Å². The van der Waals surface area contributed by atoms with Gasteiger partial charge in [-0.2, -0.15) is 0 Å². The van der Waals surface area contributed by atoms with E-state index in [4.69, 9.17) is 4.74 Å². The van der Waals surface area contributed by atoms with Crippen LogP contribution in [0.15, 0.2) is 46.9 Å². The van der Waals surface area contributed by atoms with Crippen molar-refractivity contribution in [1.29, 1.82) is 0 Å². The molecule has 2 rings (SSSR count). The molecule has 0 radical (unpaired) electrons. The number of hydrogen-bond acceptors (Lipinski definition) is 2. The number of hydrogen-bond donors (Lipinski definition) is 1. The van der Waals surface area contributed by atoms with Gasteiger partial charge in [0.05, 0.1) is 7.11 Å². The zero-order chi connectivity index (χ0) is 15.2. The summed E-state index contributed by atoms with van der Waals surface area (Å²) in [5, 5.41) is 3.41. The van der Waals surface area contributed by atoms with Crippen LogP contribution in [-0.2, 0) is 6.42 Å². The number of rotatable bonds is 6. The molecule has 1 unspecified atom stereocenters. The molecule has 112 valence electrons. The molecule has 0 aliphatic carbocycles. The quantitative estimate of drug-likeness (QED) is 0.827. The molecule has 0 fully saturated rings. The van der Waals surface area contributed by atoms with Crippen LogP contribution < -0.4 is 10.1 Å². The van der Waals surface area contributed by atoms with Crippen molar-refractivity contribution in [3.8, 4) is 5.75 Å². The van der Waals surface area contributed by atoms with E-state index in [0.29, 0.717) is 12.0 Å². The van der Waals surface area contributed by atoms with Crippen LogP contribution in [0.3, 0.4) is 0 Å². The first-order valence-corrected chi connectivity index (χ1v) is 7.75. The smallest absolute Gasteiger partial charge is 0.168 e. The standard InChI is InChI=1S/C17H19BrFNO/c1-3-20-15(12-6-4-8-14(18)10-12)11-13-7-5-9-16(21-2)17(13)19/h4-10,15,20H,3,11H2,1-2H3. The van der Waals surface area contributed by atoms with Gasteiger partial charge >= 0.3 is 0 Å². The van der Waals surface area contributed by atoms with Crippen LogP contribution in [-0.4, -0.2) is 13.7 Å². The van der Waals surface area contributed by atoms with Crippen LogP contribution >= 0.6 is 15.9 Å². The maximum Gasteiger partial charge on any atom is 0.168 e. The summed E-state index contributed by atoms with van der Waals surface area (Å²) >= 11 is 3.48. The van der Waals surface area contributed by atoms with Crippen LogP contribution in [0.1, 0.15) is 24.1 Å². The number of methoxy groups -OCH3 is 1. The molecule has 1 atom stereocenters. The monoisotopic (exact) mass is 351 g/mol. The lowest BCUT2D eigenvalue weighted by Crippen LogP contribution is -2.23. The lowest BCUT2D eigenvalue weighted by molar-refractivity contribution is 0.382. The Labute approximate surface area is 133 Å². The second-order valence-corrected chi connectivity index (χ2v) is 5.72. The summed E-state index contributed by atoms with van der Waals surface area (Å²) in [5.41, 5.74) is 1.79. The van der Waals surface area contributed by atoms with Crippen molar-refractivity contribution in [3.05, 3.63) is 63.9 Å². The van der Waals surface area contributed by atoms with Gasteiger partial charge in [0.25, 0.3) is 0 Å². The van der Waals surface area contributed by atoms with E-state index in [0.717, 1.165) is 16.6 Å². The SMILES string of the molecule is CCNC(Cc1cccc(OC)c1F)c1cccc(Br)c1. The van der Waals surface area contributed by atoms with Crippen molar-refractivity contribution in [2.45, 2.75) is 19.4 Å². The van der Waals surface area contributed by atoms with Crippen molar-refractivity contribution in [2.75, 3.05) is 13.7 Å². The van der Waals surface area contributed by atoms with Gasteiger partial charge in [0, 0.05) is 10.5 Å². The van der Waals surface area contributed by atoms with Crippen molar-refractivity contribution >= 4 is 15.9 Å². The minimum atomic E-state index is -0.280. The van der Waals surface area contributed by atoms with Crippen LogP contribution in [0, 0.1) is 5.82 Å². The van der Waals surface area contributed by atoms with Gasteiger partial charge in [-0.05, 0) is 42.3 Å². The topological polar surface area (TPSA) is 21.3 Å². The van der Waals surface area contributed by atoms with Gasteiger partial charge in [0.2, 0.25) is 0 Å². The lowest BCUT2D eigenvalue weighted by atomic mass is 9.98. The molecule has 0 bridgehead atoms. The third-order valence-electron chi connectivity index (χ3n) is 3.39. The Bertz CT molecular complexity index is 603. The number of nitrogens with one attached hydrogen (secondary N) is 1. The third-order valence-corrected chi connectivity index (χ3v) is 3.88. The highest BCUT2D eigenvalue weighted by molar-refractivity contribution is 9.10. The molecule has 0 aliphatic heterocycles. The fourth-order valence-electron chi connectivity index (χ4n) is 2.37. The minimum Gasteiger partial charge on any atom is -0.494 e. The molecule has 21 heavy (non-hydrogen) atoms. The predicted octanol–water partition coefficient (Wildman–Crippen LogP) is 4.49. The van der Waals surface area contributed by atoms with E-state index < -0.39 is 0 Å². The molecular formula is C17H19BrFNO. The molecule has 0 aromatic heterocycles. The van der Waals surface area contributed by atoms with E-state index >= 15 is 0 Å². The average molecular weight is 352 g/mol. The largest absolute Gasteiger partial charge is 0.494 e. The molecule has 1 N–H and O–H groups in total. The summed E-state index contributed by atoms with van der Waals surface area (Å²) in [7, 11) is 1.48. The summed E-state index contributed by atoms with van der Waals surface area (Å²) in [5.74, 6) is 0.00916. The van der Waals surface area contributed by atoms with E-state index in [2.05, 4.69) is 33.4 Å². The first-order valence-electron chi connectivity index (χ1n) is 6.96. The summed E-state index contributed by atoms with van der Waals surface area (Å²) in [6, 6.07) is 13.4. The Morgan fingerprint density at radius 3 is 2.67 bits per heavy atom. The third kappa shape index (κ3) is 4.05. The van der Waals surface area contributed by atoms with Crippen LogP contribution in [0.4, 0.5) is 4.39 Å². The number of ether oxygens (including phenoxy) is 1. The molecule has 0 amide bonds. The van der Waals surface area contributed by atoms with Gasteiger partial charge in [-0.3, -0.25) is 0 Å². The Kier molecular flexibility index (Phi) is 5.76. The molecule has 0 aliphatic rings. The summed E-state index contributed by atoms with van der Waals surface area (Å²) < 4.78 is 20.4. The van der Waals surface area contributed by atoms with Crippen molar-refractivity contribution in [3.63, 3.8) is 0 Å². The molecule has 4 heteroatoms. The van der Waals surface area contributed by atoms with E-state index in [1.54, 1.807) is 12.1 Å². The molecule has 2 aromatic carbocycles. The molecule has 2 nitrogen and oxygen atoms in total. The molecule has 0 spiro atoms. The van der Waals surface area contributed by atoms with Crippen molar-refractivity contribution < 1.29 is 9.13 Å². The second kappa shape index (κ2) is 7.57. The summed E-state index contributed by atoms with van der Waals surface area (Å²) in [4.78, 5) is 0. The first kappa shape index (κ1) is 16.0. The zero-order valence-electron chi connectivity index (χ0n) is 12.2. The molecule has 0 saturated heterocycles. The highest BCUT2D eigenvalue weighted by Gasteiger charge is 2.16. The normalized spacial score (nSPS) is 12.2. The number of likely N-dealkylation sites (N-methyl/N-ethyl adjacent to an activating group) is 1. The van der Waals surface area contributed by atoms with Gasteiger partial charge < -0.3 is 10.1 Å². The summed E-state index contributed by atoms with van der Waals surface area (Å²) in [6.07, 6.45) is 0.577. The van der Waals surface area contributed by atoms with Crippen LogP contribution in [0.5, 0.6) is 5.75 Å². The zero-order valence-corrected chi connectivity index (χ0v) is 13.8. The van der Waals surface area contributed by atoms with Crippen LogP contribution in [0.25, 0.3) is 0 Å². The Hall–Kier alpha value is -1.39. The molecule has 0 heterocycles. The first-order chi connectivity index (χ1) is 10.2. The van der Waals surface area contributed by atoms with Gasteiger partial charge in [0.1, 0.15) is 0 Å². The van der Waals surface area contributed by atoms with Crippen LogP contribution in [0.2, 0.25) is 0 Å². The number of halogens is 2. The van der Waals surface area contributed by atoms with Crippen molar-refractivity contribution in [1.82, 2.24) is 5.32 Å². The molecule has 2 aromatic rings. The highest BCUT2D eigenvalue weighted by Crippen LogP contribution is 2.26. The van der Waals surface area contributed by atoms with Gasteiger partial charge in [-0.1, -0.05) is 47.1 Å². The van der Waals surface area contributed by atoms with E-state index in [9.17, 15) is 4.39 Å². The maximum absolute atomic E-state index is 14.3. The van der Waals surface area contributed by atoms with E-state index in [-0.39, 0.29) is 17.6 Å². The Morgan fingerprint density at radius 2 is 2.00 bits per heavy atom. The van der Waals surface area contributed by atoms with E-state index in [1.165, 1.54) is 7.11 Å². The fourth-order valence-corrected chi connectivity index (χ4v) is 2.79. The Balaban J connectivity index is 2.28. The predicted molar refractivity (Wildman–Crippen MR) is 87.2 cm³/mol. The highest BCUT2D eigenvalue weighted by atomic mass is 79.9. The number of benzene rings is 2. The fraction of sp³-hybridized carbons (Fsp3) is 0.294. The lowest BCUT2D eigenvalue weighted by Gasteiger charge is -2.19. The van der Waals surface area contributed by atoms with Gasteiger partial charge in [-0.15, -0.1) is 0 Å². The van der Waals surface area contributed by atoms with E-state index in [1.807, 2.05) is 25.1 Å². The maximum atomic E-state index is 14.3. The minimum absolute atomic E-state index is 0.0640.